The topological polar surface area (TPSA) is 129 Å². The molecule has 0 spiro atoms. The van der Waals surface area contributed by atoms with Crippen molar-refractivity contribution in [3.05, 3.63) is 116 Å². The monoisotopic (exact) mass is 620 g/mol. The summed E-state index contributed by atoms with van der Waals surface area (Å²) in [4.78, 5) is 47.4. The molecule has 0 aliphatic rings. The van der Waals surface area contributed by atoms with Crippen molar-refractivity contribution in [1.82, 2.24) is 34.2 Å². The molecule has 0 bridgehead atoms. The molecule has 1 amide bonds. The molecule has 44 heavy (non-hydrogen) atoms. The van der Waals surface area contributed by atoms with Crippen LogP contribution in [0.3, 0.4) is 0 Å². The molecular formula is C29H20ClF3N8O3. The van der Waals surface area contributed by atoms with Gasteiger partial charge in [-0.15, -0.1) is 0 Å². The summed E-state index contributed by atoms with van der Waals surface area (Å²) in [5.41, 5.74) is -1.21. The predicted molar refractivity (Wildman–Crippen MR) is 157 cm³/mol. The van der Waals surface area contributed by atoms with Gasteiger partial charge in [-0.25, -0.2) is 27.3 Å². The Labute approximate surface area is 250 Å². The Balaban J connectivity index is 1.51. The zero-order valence-electron chi connectivity index (χ0n) is 22.7. The van der Waals surface area contributed by atoms with Crippen LogP contribution >= 0.6 is 11.6 Å². The third-order valence-corrected chi connectivity index (χ3v) is 7.13. The van der Waals surface area contributed by atoms with E-state index in [1.54, 1.807) is 42.7 Å². The number of nitrogens with zero attached hydrogens (tertiary/aromatic N) is 6. The first kappa shape index (κ1) is 28.6. The Morgan fingerprint density at radius 1 is 1.00 bits per heavy atom. The maximum Gasteiger partial charge on any atom is 0.359 e. The number of carbonyl (C=O) groups is 1. The molecule has 222 valence electrons. The summed E-state index contributed by atoms with van der Waals surface area (Å²) in [6, 6.07) is 11.5. The Hall–Kier alpha value is -5.50. The maximum atomic E-state index is 14.1. The van der Waals surface area contributed by atoms with Crippen LogP contribution in [0.1, 0.15) is 5.56 Å². The van der Waals surface area contributed by atoms with Gasteiger partial charge in [0.15, 0.2) is 17.5 Å². The molecule has 11 nitrogen and oxygen atoms in total. The molecule has 0 atom stereocenters. The van der Waals surface area contributed by atoms with Gasteiger partial charge in [0, 0.05) is 35.6 Å². The van der Waals surface area contributed by atoms with Gasteiger partial charge in [-0.2, -0.15) is 10.1 Å². The molecular weight excluding hydrogens is 601 g/mol. The van der Waals surface area contributed by atoms with Crippen molar-refractivity contribution in [1.29, 1.82) is 0 Å². The summed E-state index contributed by atoms with van der Waals surface area (Å²) in [6.07, 6.45) is 4.48. The lowest BCUT2D eigenvalue weighted by molar-refractivity contribution is -0.121. The van der Waals surface area contributed by atoms with Crippen molar-refractivity contribution in [3.8, 4) is 5.69 Å². The highest BCUT2D eigenvalue weighted by atomic mass is 35.5. The minimum absolute atomic E-state index is 0.0430. The molecule has 2 N–H and O–H groups in total. The second-order valence-electron chi connectivity index (χ2n) is 9.69. The average molecular weight is 621 g/mol. The number of benzene rings is 3. The van der Waals surface area contributed by atoms with Gasteiger partial charge in [-0.05, 0) is 29.8 Å². The van der Waals surface area contributed by atoms with Gasteiger partial charge < -0.3 is 10.6 Å². The number of anilines is 2. The van der Waals surface area contributed by atoms with Gasteiger partial charge in [0.05, 0.1) is 34.7 Å². The number of aromatic nitrogens is 6. The summed E-state index contributed by atoms with van der Waals surface area (Å²) >= 11 is 6.50. The third kappa shape index (κ3) is 5.26. The number of carbonyl (C=O) groups excluding carboxylic acids is 1. The van der Waals surface area contributed by atoms with E-state index in [1.165, 1.54) is 24.0 Å². The highest BCUT2D eigenvalue weighted by Crippen LogP contribution is 2.30. The lowest BCUT2D eigenvalue weighted by Crippen LogP contribution is -2.42. The molecule has 3 heterocycles. The van der Waals surface area contributed by atoms with E-state index in [0.29, 0.717) is 21.7 Å². The van der Waals surface area contributed by atoms with E-state index in [4.69, 9.17) is 11.6 Å². The van der Waals surface area contributed by atoms with Crippen LogP contribution in [0.2, 0.25) is 5.02 Å². The molecule has 3 aromatic carbocycles. The molecule has 0 saturated carbocycles. The van der Waals surface area contributed by atoms with Crippen molar-refractivity contribution < 1.29 is 18.0 Å². The number of nitrogens with one attached hydrogen (secondary N) is 2. The minimum atomic E-state index is -1.67. The largest absolute Gasteiger partial charge is 0.359 e. The highest BCUT2D eigenvalue weighted by molar-refractivity contribution is 6.34. The molecule has 0 unspecified atom stereocenters. The van der Waals surface area contributed by atoms with E-state index in [2.05, 4.69) is 25.7 Å². The quantitative estimate of drug-likeness (QED) is 0.259. The second kappa shape index (κ2) is 11.3. The Morgan fingerprint density at radius 3 is 2.50 bits per heavy atom. The van der Waals surface area contributed by atoms with Crippen LogP contribution in [0.15, 0.2) is 76.7 Å². The van der Waals surface area contributed by atoms with Crippen molar-refractivity contribution in [2.75, 3.05) is 12.4 Å². The summed E-state index contributed by atoms with van der Waals surface area (Å²) in [7, 11) is 1.50. The highest BCUT2D eigenvalue weighted by Gasteiger charge is 2.20. The SMILES string of the molecule is CNC(=O)Cn1cc2cc(Nc3nc(=O)n(-c4cncc5ccccc45)c(=O)n3Cc3cc(F)c(F)c(F)c3)c(Cl)cc2n1. The first-order chi connectivity index (χ1) is 21.1. The Bertz CT molecular complexity index is 2200. The van der Waals surface area contributed by atoms with E-state index < -0.39 is 35.4 Å². The molecule has 0 saturated heterocycles. The molecule has 0 fully saturated rings. The molecule has 6 rings (SSSR count). The fourth-order valence-electron chi connectivity index (χ4n) is 4.72. The lowest BCUT2D eigenvalue weighted by atomic mass is 10.1. The van der Waals surface area contributed by atoms with Crippen LogP contribution in [0.4, 0.5) is 24.8 Å². The van der Waals surface area contributed by atoms with Crippen molar-refractivity contribution in [2.45, 2.75) is 13.1 Å². The molecule has 3 aromatic heterocycles. The smallest absolute Gasteiger partial charge is 0.358 e. The number of likely N-dealkylation sites (N-methyl/N-ethyl adjacent to an activating group) is 1. The van der Waals surface area contributed by atoms with Crippen LogP contribution in [0, 0.1) is 17.5 Å². The van der Waals surface area contributed by atoms with E-state index >= 15 is 0 Å². The normalized spacial score (nSPS) is 11.3. The molecule has 6 aromatic rings. The van der Waals surface area contributed by atoms with Crippen LogP contribution in [-0.2, 0) is 17.9 Å². The van der Waals surface area contributed by atoms with Gasteiger partial charge in [0.1, 0.15) is 6.54 Å². The van der Waals surface area contributed by atoms with E-state index in [1.807, 2.05) is 0 Å². The zero-order valence-corrected chi connectivity index (χ0v) is 23.4. The number of fused-ring (bicyclic) bond motifs is 2. The lowest BCUT2D eigenvalue weighted by Gasteiger charge is -2.17. The molecule has 0 aliphatic heterocycles. The Kier molecular flexibility index (Phi) is 7.35. The second-order valence-corrected chi connectivity index (χ2v) is 10.1. The van der Waals surface area contributed by atoms with Crippen molar-refractivity contribution >= 4 is 50.8 Å². The molecule has 15 heteroatoms. The zero-order chi connectivity index (χ0) is 31.1. The first-order valence-corrected chi connectivity index (χ1v) is 13.4. The average Bonchev–Trinajstić information content (AvgIpc) is 3.38. The van der Waals surface area contributed by atoms with E-state index in [9.17, 15) is 27.6 Å². The van der Waals surface area contributed by atoms with Crippen LogP contribution in [0.25, 0.3) is 27.4 Å². The van der Waals surface area contributed by atoms with Gasteiger partial charge >= 0.3 is 11.4 Å². The van der Waals surface area contributed by atoms with Gasteiger partial charge in [0.2, 0.25) is 11.9 Å². The number of hydrogen-bond donors (Lipinski definition) is 2. The van der Waals surface area contributed by atoms with Gasteiger partial charge in [0.25, 0.3) is 0 Å². The molecule has 0 radical (unpaired) electrons. The summed E-state index contributed by atoms with van der Waals surface area (Å²) in [6.45, 7) is -0.552. The number of hydrogen-bond acceptors (Lipinski definition) is 7. The standard InChI is InChI=1S/C29H20ClF3N8O3/c1-34-25(42)14-39-13-17-8-23(19(30)9-22(17)38-39)36-27-37-28(43)41(24-11-35-10-16-4-2-3-5-18(16)24)29(44)40(27)12-15-6-20(31)26(33)21(32)7-15/h2-11,13H,12,14H2,1H3,(H,34,42)(H,36,37,43). The number of halogens is 4. The predicted octanol–water partition coefficient (Wildman–Crippen LogP) is 3.90. The summed E-state index contributed by atoms with van der Waals surface area (Å²) < 4.78 is 45.1. The molecule has 0 aliphatic carbocycles. The van der Waals surface area contributed by atoms with Crippen LogP contribution in [-0.4, -0.2) is 41.8 Å². The van der Waals surface area contributed by atoms with Gasteiger partial charge in [-0.1, -0.05) is 35.9 Å². The minimum Gasteiger partial charge on any atom is -0.358 e. The number of amides is 1. The van der Waals surface area contributed by atoms with Crippen LogP contribution < -0.4 is 22.0 Å². The maximum absolute atomic E-state index is 14.1. The van der Waals surface area contributed by atoms with E-state index in [-0.39, 0.29) is 40.4 Å². The van der Waals surface area contributed by atoms with Crippen molar-refractivity contribution in [2.24, 2.45) is 0 Å². The number of rotatable bonds is 7. The van der Waals surface area contributed by atoms with Gasteiger partial charge in [-0.3, -0.25) is 19.0 Å². The first-order valence-electron chi connectivity index (χ1n) is 13.0. The summed E-state index contributed by atoms with van der Waals surface area (Å²) in [5.74, 6) is -5.16. The number of pyridine rings is 1. The third-order valence-electron chi connectivity index (χ3n) is 6.81. The Morgan fingerprint density at radius 2 is 1.75 bits per heavy atom. The van der Waals surface area contributed by atoms with Crippen molar-refractivity contribution in [3.63, 3.8) is 0 Å². The van der Waals surface area contributed by atoms with E-state index in [0.717, 1.165) is 21.3 Å². The summed E-state index contributed by atoms with van der Waals surface area (Å²) in [5, 5.41) is 11.5. The fourth-order valence-corrected chi connectivity index (χ4v) is 4.92. The van der Waals surface area contributed by atoms with Crippen LogP contribution in [0.5, 0.6) is 0 Å². The fraction of sp³-hybridized carbons (Fsp3) is 0.103.